The number of carbonyl (C=O) groups is 1. The van der Waals surface area contributed by atoms with Crippen molar-refractivity contribution in [2.24, 2.45) is 0 Å². The van der Waals surface area contributed by atoms with Crippen molar-refractivity contribution in [1.29, 1.82) is 0 Å². The second-order valence-electron chi connectivity index (χ2n) is 2.98. The van der Waals surface area contributed by atoms with Gasteiger partial charge < -0.3 is 9.84 Å². The number of carboxylic acids is 1. The lowest BCUT2D eigenvalue weighted by Gasteiger charge is -2.03. The third-order valence-electron chi connectivity index (χ3n) is 1.76. The Bertz CT molecular complexity index is 320. The molecule has 0 fully saturated rings. The van der Waals surface area contributed by atoms with Crippen molar-refractivity contribution in [1.82, 2.24) is 9.78 Å². The second kappa shape index (κ2) is 4.76. The van der Waals surface area contributed by atoms with Crippen molar-refractivity contribution in [2.45, 2.75) is 27.0 Å². The van der Waals surface area contributed by atoms with Gasteiger partial charge in [0, 0.05) is 6.54 Å². The molecule has 0 unspecified atom stereocenters. The number of aryl methyl sites for hydroxylation is 2. The fraction of sp³-hybridized carbons (Fsp3) is 0.556. The van der Waals surface area contributed by atoms with Crippen molar-refractivity contribution in [3.05, 3.63) is 17.5 Å². The summed E-state index contributed by atoms with van der Waals surface area (Å²) in [5, 5.41) is 12.6. The topological polar surface area (TPSA) is 64.4 Å². The minimum absolute atomic E-state index is 0.270. The highest BCUT2D eigenvalue weighted by atomic mass is 16.5. The maximum Gasteiger partial charge on any atom is 0.329 e. The summed E-state index contributed by atoms with van der Waals surface area (Å²) in [4.78, 5) is 10.2. The number of nitrogens with zero attached hydrogens (tertiary/aromatic N) is 2. The van der Waals surface area contributed by atoms with E-state index in [2.05, 4.69) is 5.10 Å². The Balaban J connectivity index is 2.52. The summed E-state index contributed by atoms with van der Waals surface area (Å²) < 4.78 is 6.78. The van der Waals surface area contributed by atoms with Crippen molar-refractivity contribution >= 4 is 5.97 Å². The van der Waals surface area contributed by atoms with E-state index in [0.717, 1.165) is 17.9 Å². The molecule has 14 heavy (non-hydrogen) atoms. The Morgan fingerprint density at radius 1 is 1.71 bits per heavy atom. The lowest BCUT2D eigenvalue weighted by molar-refractivity contribution is -0.142. The number of aromatic nitrogens is 2. The summed E-state index contributed by atoms with van der Waals surface area (Å²) in [6.07, 6.45) is 0. The van der Waals surface area contributed by atoms with Crippen molar-refractivity contribution in [2.75, 3.05) is 6.61 Å². The molecule has 1 aromatic rings. The van der Waals surface area contributed by atoms with E-state index < -0.39 is 5.97 Å². The maximum atomic E-state index is 10.2. The van der Waals surface area contributed by atoms with Crippen LogP contribution in [0.5, 0.6) is 0 Å². The van der Waals surface area contributed by atoms with E-state index in [1.54, 1.807) is 4.68 Å². The predicted octanol–water partition coefficient (Wildman–Crippen LogP) is 0.813. The van der Waals surface area contributed by atoms with Gasteiger partial charge >= 0.3 is 5.97 Å². The molecule has 5 nitrogen and oxygen atoms in total. The summed E-state index contributed by atoms with van der Waals surface area (Å²) in [6.45, 7) is 4.66. The molecule has 1 N–H and O–H groups in total. The average Bonchev–Trinajstić information content (AvgIpc) is 2.45. The van der Waals surface area contributed by atoms with Crippen LogP contribution in [0.2, 0.25) is 0 Å². The number of carboxylic acid groups (broad SMARTS) is 1. The van der Waals surface area contributed by atoms with Crippen molar-refractivity contribution in [3.8, 4) is 0 Å². The Kier molecular flexibility index (Phi) is 3.64. The number of ether oxygens (including phenoxy) is 1. The molecule has 0 aliphatic carbocycles. The highest BCUT2D eigenvalue weighted by Crippen LogP contribution is 2.04. The van der Waals surface area contributed by atoms with Crippen LogP contribution in [0.15, 0.2) is 6.07 Å². The van der Waals surface area contributed by atoms with Crippen LogP contribution in [0, 0.1) is 6.92 Å². The number of hydrogen-bond donors (Lipinski definition) is 1. The van der Waals surface area contributed by atoms with E-state index >= 15 is 0 Å². The van der Waals surface area contributed by atoms with Crippen molar-refractivity contribution < 1.29 is 14.6 Å². The molecule has 0 bridgehead atoms. The molecule has 5 heteroatoms. The Morgan fingerprint density at radius 3 is 3.00 bits per heavy atom. The zero-order valence-electron chi connectivity index (χ0n) is 8.36. The van der Waals surface area contributed by atoms with E-state index in [1.807, 2.05) is 19.9 Å². The summed E-state index contributed by atoms with van der Waals surface area (Å²) in [5.41, 5.74) is 1.83. The van der Waals surface area contributed by atoms with Crippen LogP contribution in [0.3, 0.4) is 0 Å². The van der Waals surface area contributed by atoms with Gasteiger partial charge in [0.25, 0.3) is 0 Å². The van der Waals surface area contributed by atoms with Crippen LogP contribution in [-0.4, -0.2) is 27.5 Å². The number of hydrogen-bond acceptors (Lipinski definition) is 3. The molecule has 78 valence electrons. The highest BCUT2D eigenvalue weighted by Gasteiger charge is 2.04. The third-order valence-corrected chi connectivity index (χ3v) is 1.76. The normalized spacial score (nSPS) is 10.4. The molecule has 0 saturated heterocycles. The quantitative estimate of drug-likeness (QED) is 0.760. The molecule has 0 saturated carbocycles. The maximum absolute atomic E-state index is 10.2. The van der Waals surface area contributed by atoms with Gasteiger partial charge in [-0.3, -0.25) is 4.68 Å². The Hall–Kier alpha value is -1.36. The molecule has 0 atom stereocenters. The van der Waals surface area contributed by atoms with Gasteiger partial charge in [0.05, 0.1) is 18.0 Å². The van der Waals surface area contributed by atoms with Gasteiger partial charge in [0.1, 0.15) is 6.61 Å². The largest absolute Gasteiger partial charge is 0.480 e. The molecule has 0 radical (unpaired) electrons. The zero-order chi connectivity index (χ0) is 10.6. The first-order valence-corrected chi connectivity index (χ1v) is 4.46. The van der Waals surface area contributed by atoms with Gasteiger partial charge in [0.15, 0.2) is 0 Å². The fourth-order valence-electron chi connectivity index (χ4n) is 1.23. The average molecular weight is 198 g/mol. The van der Waals surface area contributed by atoms with Crippen LogP contribution in [0.4, 0.5) is 0 Å². The van der Waals surface area contributed by atoms with Gasteiger partial charge in [0.2, 0.25) is 0 Å². The molecule has 0 aromatic carbocycles. The molecule has 0 amide bonds. The van der Waals surface area contributed by atoms with Gasteiger partial charge in [-0.25, -0.2) is 4.79 Å². The van der Waals surface area contributed by atoms with Crippen molar-refractivity contribution in [3.63, 3.8) is 0 Å². The van der Waals surface area contributed by atoms with Gasteiger partial charge in [-0.05, 0) is 19.9 Å². The minimum atomic E-state index is -0.954. The van der Waals surface area contributed by atoms with Gasteiger partial charge in [-0.1, -0.05) is 0 Å². The molecular formula is C9H14N2O3. The number of aliphatic carboxylic acids is 1. The fourth-order valence-corrected chi connectivity index (χ4v) is 1.23. The summed E-state index contributed by atoms with van der Waals surface area (Å²) >= 11 is 0. The van der Waals surface area contributed by atoms with Crippen LogP contribution in [0.25, 0.3) is 0 Å². The van der Waals surface area contributed by atoms with E-state index in [4.69, 9.17) is 9.84 Å². The highest BCUT2D eigenvalue weighted by molar-refractivity contribution is 5.67. The summed E-state index contributed by atoms with van der Waals surface area (Å²) in [6, 6.07) is 1.89. The summed E-state index contributed by atoms with van der Waals surface area (Å²) in [5.74, 6) is -0.954. The van der Waals surface area contributed by atoms with E-state index in [1.165, 1.54) is 0 Å². The summed E-state index contributed by atoms with van der Waals surface area (Å²) in [7, 11) is 0. The molecule has 0 aliphatic rings. The lowest BCUT2D eigenvalue weighted by atomic mass is 10.4. The van der Waals surface area contributed by atoms with Gasteiger partial charge in [-0.2, -0.15) is 5.10 Å². The van der Waals surface area contributed by atoms with Crippen LogP contribution in [-0.2, 0) is 22.7 Å². The molecule has 1 rings (SSSR count). The monoisotopic (exact) mass is 198 g/mol. The first-order valence-electron chi connectivity index (χ1n) is 4.46. The molecule has 0 aliphatic heterocycles. The van der Waals surface area contributed by atoms with Crippen LogP contribution >= 0.6 is 0 Å². The first-order chi connectivity index (χ1) is 6.63. The smallest absolute Gasteiger partial charge is 0.329 e. The second-order valence-corrected chi connectivity index (χ2v) is 2.98. The van der Waals surface area contributed by atoms with E-state index in [0.29, 0.717) is 6.61 Å². The lowest BCUT2D eigenvalue weighted by Crippen LogP contribution is -2.09. The van der Waals surface area contributed by atoms with Crippen LogP contribution in [0.1, 0.15) is 18.3 Å². The van der Waals surface area contributed by atoms with Crippen LogP contribution < -0.4 is 0 Å². The molecular weight excluding hydrogens is 184 g/mol. The Morgan fingerprint density at radius 2 is 2.43 bits per heavy atom. The van der Waals surface area contributed by atoms with E-state index in [9.17, 15) is 4.79 Å². The molecule has 0 spiro atoms. The SMILES string of the molecule is CCn1nc(C)cc1COCC(=O)O. The first kappa shape index (κ1) is 10.7. The van der Waals surface area contributed by atoms with E-state index in [-0.39, 0.29) is 6.61 Å². The predicted molar refractivity (Wildman–Crippen MR) is 49.9 cm³/mol. The third kappa shape index (κ3) is 2.85. The molecule has 1 aromatic heterocycles. The Labute approximate surface area is 82.3 Å². The minimum Gasteiger partial charge on any atom is -0.480 e. The number of rotatable bonds is 5. The zero-order valence-corrected chi connectivity index (χ0v) is 8.36. The molecule has 1 heterocycles. The van der Waals surface area contributed by atoms with Gasteiger partial charge in [-0.15, -0.1) is 0 Å². The standard InChI is InChI=1S/C9H14N2O3/c1-3-11-8(4-7(2)10-11)5-14-6-9(12)13/h4H,3,5-6H2,1-2H3,(H,12,13).